The molecule has 0 bridgehead atoms. The lowest BCUT2D eigenvalue weighted by atomic mass is 10.2. The number of hydrogen-bond acceptors (Lipinski definition) is 7. The summed E-state index contributed by atoms with van der Waals surface area (Å²) in [5.74, 6) is 2.55. The molecule has 0 aromatic heterocycles. The molecule has 2 aromatic carbocycles. The van der Waals surface area contributed by atoms with Crippen LogP contribution in [0.4, 0.5) is 5.69 Å². The molecule has 0 saturated heterocycles. The van der Waals surface area contributed by atoms with E-state index in [0.717, 1.165) is 39.7 Å². The van der Waals surface area contributed by atoms with Gasteiger partial charge in [-0.15, -0.1) is 11.8 Å². The Morgan fingerprint density at radius 3 is 2.56 bits per heavy atom. The Hall–Kier alpha value is -1.83. The van der Waals surface area contributed by atoms with Gasteiger partial charge in [0.25, 0.3) is 0 Å². The van der Waals surface area contributed by atoms with Gasteiger partial charge >= 0.3 is 0 Å². The zero-order valence-electron chi connectivity index (χ0n) is 16.1. The Labute approximate surface area is 169 Å². The van der Waals surface area contributed by atoms with Crippen LogP contribution in [0, 0.1) is 0 Å². The molecule has 2 N–H and O–H groups in total. The number of nitrogens with two attached hydrogens (primary N) is 1. The molecule has 0 aliphatic carbocycles. The van der Waals surface area contributed by atoms with E-state index in [1.165, 1.54) is 4.90 Å². The highest BCUT2D eigenvalue weighted by Crippen LogP contribution is 2.46. The van der Waals surface area contributed by atoms with Gasteiger partial charge in [-0.3, -0.25) is 0 Å². The summed E-state index contributed by atoms with van der Waals surface area (Å²) < 4.78 is 10.5. The van der Waals surface area contributed by atoms with Gasteiger partial charge in [-0.1, -0.05) is 30.8 Å². The normalized spacial score (nSPS) is 14.9. The van der Waals surface area contributed by atoms with Gasteiger partial charge in [0, 0.05) is 29.3 Å². The molecule has 0 amide bonds. The van der Waals surface area contributed by atoms with Crippen LogP contribution in [0.25, 0.3) is 0 Å². The van der Waals surface area contributed by atoms with Crippen LogP contribution in [0.1, 0.15) is 12.5 Å². The van der Waals surface area contributed by atoms with Gasteiger partial charge in [-0.25, -0.2) is 0 Å². The van der Waals surface area contributed by atoms with Crippen molar-refractivity contribution < 1.29 is 14.3 Å². The third-order valence-electron chi connectivity index (χ3n) is 4.00. The molecule has 0 saturated carbocycles. The van der Waals surface area contributed by atoms with Crippen molar-refractivity contribution in [2.75, 3.05) is 31.9 Å². The molecule has 3 rings (SSSR count). The molecule has 0 fully saturated rings. The van der Waals surface area contributed by atoms with Crippen molar-refractivity contribution in [1.82, 2.24) is 0 Å². The third kappa shape index (κ3) is 5.57. The first-order valence-electron chi connectivity index (χ1n) is 8.60. The fourth-order valence-corrected chi connectivity index (χ4v) is 4.36. The van der Waals surface area contributed by atoms with E-state index >= 15 is 0 Å². The van der Waals surface area contributed by atoms with Crippen molar-refractivity contribution in [1.29, 1.82) is 0 Å². The van der Waals surface area contributed by atoms with Crippen LogP contribution in [-0.2, 0) is 11.2 Å². The van der Waals surface area contributed by atoms with Gasteiger partial charge in [0.2, 0.25) is 0 Å². The van der Waals surface area contributed by atoms with Gasteiger partial charge in [-0.05, 0) is 29.5 Å². The molecular formula is C20H26N2O3S2. The molecule has 27 heavy (non-hydrogen) atoms. The zero-order valence-corrected chi connectivity index (χ0v) is 17.7. The van der Waals surface area contributed by atoms with E-state index in [1.807, 2.05) is 36.2 Å². The highest BCUT2D eigenvalue weighted by molar-refractivity contribution is 8.00. The average Bonchev–Trinajstić information content (AvgIpc) is 2.95. The summed E-state index contributed by atoms with van der Waals surface area (Å²) in [4.78, 5) is 14.6. The Bertz CT molecular complexity index is 771. The minimum Gasteiger partial charge on any atom is -0.493 e. The molecule has 2 aromatic rings. The first-order valence-corrected chi connectivity index (χ1v) is 10.5. The van der Waals surface area contributed by atoms with Crippen molar-refractivity contribution in [2.45, 2.75) is 28.6 Å². The van der Waals surface area contributed by atoms with E-state index in [-0.39, 0.29) is 5.50 Å². The standard InChI is InChI=1S/C10H14N2O2S.C10H12OS/c1-12-6-4-7(13-2)8(14-3)5-9(6)15-10(12)11;1-2-12-10-5-3-4-9(8-10)6-7-11/h4-5,10H,11H2,1-3H3;3-5,7-8H,2,6H2,1H3. The highest BCUT2D eigenvalue weighted by atomic mass is 32.2. The van der Waals surface area contributed by atoms with Crippen LogP contribution >= 0.6 is 23.5 Å². The first kappa shape index (κ1) is 21.5. The maximum atomic E-state index is 10.2. The summed E-state index contributed by atoms with van der Waals surface area (Å²) in [7, 11) is 5.23. The summed E-state index contributed by atoms with van der Waals surface area (Å²) in [6.07, 6.45) is 1.47. The van der Waals surface area contributed by atoms with Gasteiger partial charge in [-0.2, -0.15) is 0 Å². The lowest BCUT2D eigenvalue weighted by molar-refractivity contribution is -0.107. The highest BCUT2D eigenvalue weighted by Gasteiger charge is 2.26. The Kier molecular flexibility index (Phi) is 8.34. The monoisotopic (exact) mass is 406 g/mol. The van der Waals surface area contributed by atoms with E-state index < -0.39 is 0 Å². The number of aldehydes is 1. The molecular weight excluding hydrogens is 380 g/mol. The predicted molar refractivity (Wildman–Crippen MR) is 114 cm³/mol. The second-order valence-electron chi connectivity index (χ2n) is 5.75. The van der Waals surface area contributed by atoms with Crippen molar-refractivity contribution in [2.24, 2.45) is 5.73 Å². The van der Waals surface area contributed by atoms with E-state index in [4.69, 9.17) is 15.2 Å². The Morgan fingerprint density at radius 1 is 1.22 bits per heavy atom. The predicted octanol–water partition coefficient (Wildman–Crippen LogP) is 4.03. The molecule has 7 heteroatoms. The number of methoxy groups -OCH3 is 2. The van der Waals surface area contributed by atoms with E-state index in [9.17, 15) is 4.79 Å². The zero-order chi connectivity index (χ0) is 19.8. The maximum Gasteiger partial charge on any atom is 0.162 e. The second kappa shape index (κ2) is 10.5. The van der Waals surface area contributed by atoms with Crippen LogP contribution < -0.4 is 20.1 Å². The van der Waals surface area contributed by atoms with Crippen LogP contribution in [0.2, 0.25) is 0 Å². The fraction of sp³-hybridized carbons (Fsp3) is 0.350. The number of hydrogen-bond donors (Lipinski definition) is 1. The summed E-state index contributed by atoms with van der Waals surface area (Å²) in [5.41, 5.74) is 8.08. The SMILES string of the molecule is CCSc1cccc(CC=O)c1.COc1cc2c(cc1OC)N(C)C(N)S2. The van der Waals surface area contributed by atoms with Crippen LogP contribution in [-0.4, -0.2) is 38.8 Å². The number of carbonyl (C=O) groups excluding carboxylic acids is 1. The van der Waals surface area contributed by atoms with Crippen molar-refractivity contribution in [3.8, 4) is 11.5 Å². The van der Waals surface area contributed by atoms with Crippen molar-refractivity contribution in [3.05, 3.63) is 42.0 Å². The third-order valence-corrected chi connectivity index (χ3v) is 6.02. The molecule has 0 radical (unpaired) electrons. The van der Waals surface area contributed by atoms with Gasteiger partial charge in [0.05, 0.1) is 19.9 Å². The average molecular weight is 407 g/mol. The number of ether oxygens (including phenoxy) is 2. The molecule has 1 atom stereocenters. The van der Waals surface area contributed by atoms with Crippen LogP contribution in [0.5, 0.6) is 11.5 Å². The molecule has 1 heterocycles. The number of anilines is 1. The number of nitrogens with zero attached hydrogens (tertiary/aromatic N) is 1. The Balaban J connectivity index is 0.000000199. The molecule has 146 valence electrons. The van der Waals surface area contributed by atoms with Gasteiger partial charge in [0.15, 0.2) is 11.5 Å². The van der Waals surface area contributed by atoms with Crippen molar-refractivity contribution in [3.63, 3.8) is 0 Å². The topological polar surface area (TPSA) is 64.8 Å². The van der Waals surface area contributed by atoms with Crippen LogP contribution in [0.3, 0.4) is 0 Å². The van der Waals surface area contributed by atoms with Crippen LogP contribution in [0.15, 0.2) is 46.2 Å². The largest absolute Gasteiger partial charge is 0.493 e. The smallest absolute Gasteiger partial charge is 0.162 e. The lowest BCUT2D eigenvalue weighted by Crippen LogP contribution is -2.32. The number of carbonyl (C=O) groups is 1. The van der Waals surface area contributed by atoms with E-state index in [2.05, 4.69) is 19.1 Å². The lowest BCUT2D eigenvalue weighted by Gasteiger charge is -2.17. The maximum absolute atomic E-state index is 10.2. The number of benzene rings is 2. The quantitative estimate of drug-likeness (QED) is 0.574. The first-order chi connectivity index (χ1) is 13.0. The van der Waals surface area contributed by atoms with E-state index in [1.54, 1.807) is 37.7 Å². The summed E-state index contributed by atoms with van der Waals surface area (Å²) in [6.45, 7) is 2.12. The molecule has 1 unspecified atom stereocenters. The second-order valence-corrected chi connectivity index (χ2v) is 8.24. The number of fused-ring (bicyclic) bond motifs is 1. The van der Waals surface area contributed by atoms with Gasteiger partial charge in [0.1, 0.15) is 11.8 Å². The number of rotatable bonds is 6. The number of thioether (sulfide) groups is 2. The minimum absolute atomic E-state index is 0.0307. The molecule has 0 spiro atoms. The van der Waals surface area contributed by atoms with Gasteiger partial charge < -0.3 is 24.9 Å². The summed E-state index contributed by atoms with van der Waals surface area (Å²) >= 11 is 3.42. The Morgan fingerprint density at radius 2 is 1.93 bits per heavy atom. The van der Waals surface area contributed by atoms with Crippen molar-refractivity contribution >= 4 is 35.5 Å². The van der Waals surface area contributed by atoms with E-state index in [0.29, 0.717) is 6.42 Å². The molecule has 1 aliphatic heterocycles. The summed E-state index contributed by atoms with van der Waals surface area (Å²) in [5, 5.41) is 0. The fourth-order valence-electron chi connectivity index (χ4n) is 2.59. The molecule has 5 nitrogen and oxygen atoms in total. The summed E-state index contributed by atoms with van der Waals surface area (Å²) in [6, 6.07) is 12.0. The minimum atomic E-state index is -0.0307. The molecule has 1 aliphatic rings.